The fourth-order valence-corrected chi connectivity index (χ4v) is 3.04. The van der Waals surface area contributed by atoms with E-state index >= 15 is 0 Å². The van der Waals surface area contributed by atoms with Crippen molar-refractivity contribution >= 4 is 22.0 Å². The lowest BCUT2D eigenvalue weighted by molar-refractivity contribution is 0.143. The van der Waals surface area contributed by atoms with Crippen molar-refractivity contribution in [3.05, 3.63) is 59.7 Å². The summed E-state index contributed by atoms with van der Waals surface area (Å²) in [6.45, 7) is 2.89. The first-order valence-electron chi connectivity index (χ1n) is 7.39. The van der Waals surface area contributed by atoms with Gasteiger partial charge < -0.3 is 10.1 Å². The third-order valence-electron chi connectivity index (χ3n) is 3.87. The number of benzene rings is 2. The lowest BCUT2D eigenvalue weighted by Crippen LogP contribution is -2.30. The minimum Gasteiger partial charge on any atom is -0.449 e. The summed E-state index contributed by atoms with van der Waals surface area (Å²) in [6.07, 6.45) is -0.367. The number of nitrogens with one attached hydrogen (secondary N) is 1. The molecule has 1 N–H and O–H groups in total. The molecule has 2 aromatic carbocycles. The Balaban J connectivity index is 1.75. The van der Waals surface area contributed by atoms with Crippen molar-refractivity contribution in [2.24, 2.45) is 0 Å². The number of amides is 1. The second-order valence-electron chi connectivity index (χ2n) is 5.49. The Morgan fingerprint density at radius 2 is 1.68 bits per heavy atom. The van der Waals surface area contributed by atoms with E-state index in [1.165, 1.54) is 22.3 Å². The van der Waals surface area contributed by atoms with E-state index in [0.717, 1.165) is 0 Å². The summed E-state index contributed by atoms with van der Waals surface area (Å²) in [5.41, 5.74) is 4.93. The second kappa shape index (κ2) is 6.53. The number of carbonyl (C=O) groups is 1. The van der Waals surface area contributed by atoms with Gasteiger partial charge in [-0.3, -0.25) is 0 Å². The molecule has 1 aliphatic rings. The summed E-state index contributed by atoms with van der Waals surface area (Å²) < 4.78 is 5.42. The molecule has 1 aliphatic carbocycles. The molecule has 1 atom stereocenters. The van der Waals surface area contributed by atoms with Crippen LogP contribution in [0.5, 0.6) is 0 Å². The zero-order valence-electron chi connectivity index (χ0n) is 12.4. The highest BCUT2D eigenvalue weighted by molar-refractivity contribution is 9.09. The van der Waals surface area contributed by atoms with Crippen LogP contribution >= 0.6 is 15.9 Å². The Kier molecular flexibility index (Phi) is 4.48. The van der Waals surface area contributed by atoms with E-state index in [1.807, 2.05) is 31.2 Å². The number of alkyl carbamates (subject to hydrolysis) is 1. The van der Waals surface area contributed by atoms with Gasteiger partial charge in [0, 0.05) is 17.3 Å². The first kappa shape index (κ1) is 15.1. The summed E-state index contributed by atoms with van der Waals surface area (Å²) in [7, 11) is 0. The SMILES string of the molecule is C[C@@H](Br)CNC(=O)OCC1c2ccccc2-c2ccccc21. The van der Waals surface area contributed by atoms with Gasteiger partial charge in [-0.2, -0.15) is 0 Å². The quantitative estimate of drug-likeness (QED) is 0.826. The molecule has 3 rings (SSSR count). The van der Waals surface area contributed by atoms with Gasteiger partial charge >= 0.3 is 6.09 Å². The zero-order chi connectivity index (χ0) is 15.5. The van der Waals surface area contributed by atoms with Gasteiger partial charge in [-0.15, -0.1) is 0 Å². The number of carbonyl (C=O) groups excluding carboxylic acids is 1. The molecule has 0 heterocycles. The van der Waals surface area contributed by atoms with Gasteiger partial charge in [0.25, 0.3) is 0 Å². The van der Waals surface area contributed by atoms with Crippen molar-refractivity contribution < 1.29 is 9.53 Å². The average Bonchev–Trinajstić information content (AvgIpc) is 2.85. The van der Waals surface area contributed by atoms with Crippen molar-refractivity contribution in [2.45, 2.75) is 17.7 Å². The van der Waals surface area contributed by atoms with E-state index in [4.69, 9.17) is 4.74 Å². The minimum atomic E-state index is -0.367. The van der Waals surface area contributed by atoms with Crippen LogP contribution in [0, 0.1) is 0 Å². The summed E-state index contributed by atoms with van der Waals surface area (Å²) >= 11 is 3.39. The van der Waals surface area contributed by atoms with Gasteiger partial charge in [0.15, 0.2) is 0 Å². The lowest BCUT2D eigenvalue weighted by atomic mass is 9.98. The number of alkyl halides is 1. The number of rotatable bonds is 4. The normalized spacial score (nSPS) is 14.1. The molecule has 1 amide bonds. The lowest BCUT2D eigenvalue weighted by Gasteiger charge is -2.14. The van der Waals surface area contributed by atoms with Crippen LogP contribution in [0.3, 0.4) is 0 Å². The first-order chi connectivity index (χ1) is 10.7. The molecule has 0 bridgehead atoms. The summed E-state index contributed by atoms with van der Waals surface area (Å²) in [5.74, 6) is 0.111. The standard InChI is InChI=1S/C18H18BrNO2/c1-12(19)10-20-18(21)22-11-17-15-8-4-2-6-13(15)14-7-3-5-9-16(14)17/h2-9,12,17H,10-11H2,1H3,(H,20,21)/t12-/m1/s1. The van der Waals surface area contributed by atoms with Gasteiger partial charge in [-0.05, 0) is 22.3 Å². The van der Waals surface area contributed by atoms with E-state index in [0.29, 0.717) is 13.2 Å². The fourth-order valence-electron chi connectivity index (χ4n) is 2.87. The Labute approximate surface area is 138 Å². The summed E-state index contributed by atoms with van der Waals surface area (Å²) in [6, 6.07) is 16.6. The molecule has 0 aromatic heterocycles. The molecule has 4 heteroatoms. The van der Waals surface area contributed by atoms with Crippen LogP contribution in [0.15, 0.2) is 48.5 Å². The van der Waals surface area contributed by atoms with Gasteiger partial charge in [0.05, 0.1) is 0 Å². The topological polar surface area (TPSA) is 38.3 Å². The maximum atomic E-state index is 11.8. The van der Waals surface area contributed by atoms with E-state index < -0.39 is 0 Å². The highest BCUT2D eigenvalue weighted by Gasteiger charge is 2.28. The molecule has 0 unspecified atom stereocenters. The number of fused-ring (bicyclic) bond motifs is 3. The third kappa shape index (κ3) is 3.02. The van der Waals surface area contributed by atoms with E-state index in [-0.39, 0.29) is 16.8 Å². The molecule has 22 heavy (non-hydrogen) atoms. The fraction of sp³-hybridized carbons (Fsp3) is 0.278. The summed E-state index contributed by atoms with van der Waals surface area (Å²) in [4.78, 5) is 12.0. The van der Waals surface area contributed by atoms with Gasteiger partial charge in [-0.25, -0.2) is 4.79 Å². The molecular weight excluding hydrogens is 342 g/mol. The smallest absolute Gasteiger partial charge is 0.407 e. The predicted molar refractivity (Wildman–Crippen MR) is 91.5 cm³/mol. The van der Waals surface area contributed by atoms with Crippen molar-refractivity contribution in [3.8, 4) is 11.1 Å². The molecular formula is C18H18BrNO2. The molecule has 0 fully saturated rings. The maximum Gasteiger partial charge on any atom is 0.407 e. The first-order valence-corrected chi connectivity index (χ1v) is 8.31. The Morgan fingerprint density at radius 3 is 2.23 bits per heavy atom. The average molecular weight is 360 g/mol. The molecule has 0 aliphatic heterocycles. The molecule has 114 valence electrons. The number of hydrogen-bond acceptors (Lipinski definition) is 2. The largest absolute Gasteiger partial charge is 0.449 e. The van der Waals surface area contributed by atoms with Crippen LogP contribution in [0.1, 0.15) is 24.0 Å². The van der Waals surface area contributed by atoms with Crippen molar-refractivity contribution in [3.63, 3.8) is 0 Å². The van der Waals surface area contributed by atoms with Gasteiger partial charge in [-0.1, -0.05) is 71.4 Å². The van der Waals surface area contributed by atoms with Gasteiger partial charge in [0.1, 0.15) is 6.61 Å². The highest BCUT2D eigenvalue weighted by Crippen LogP contribution is 2.44. The Hall–Kier alpha value is -1.81. The number of halogens is 1. The number of ether oxygens (including phenoxy) is 1. The maximum absolute atomic E-state index is 11.8. The minimum absolute atomic E-state index is 0.111. The molecule has 0 saturated heterocycles. The van der Waals surface area contributed by atoms with Crippen LogP contribution in [0.4, 0.5) is 4.79 Å². The number of hydrogen-bond donors (Lipinski definition) is 1. The van der Waals surface area contributed by atoms with Crippen LogP contribution in [-0.4, -0.2) is 24.1 Å². The molecule has 0 saturated carbocycles. The molecule has 0 spiro atoms. The Morgan fingerprint density at radius 1 is 1.14 bits per heavy atom. The van der Waals surface area contributed by atoms with Crippen molar-refractivity contribution in [2.75, 3.05) is 13.2 Å². The highest BCUT2D eigenvalue weighted by atomic mass is 79.9. The van der Waals surface area contributed by atoms with Gasteiger partial charge in [0.2, 0.25) is 0 Å². The van der Waals surface area contributed by atoms with E-state index in [1.54, 1.807) is 0 Å². The van der Waals surface area contributed by atoms with Crippen LogP contribution in [0.25, 0.3) is 11.1 Å². The molecule has 0 radical (unpaired) electrons. The van der Waals surface area contributed by atoms with Crippen molar-refractivity contribution in [1.29, 1.82) is 0 Å². The van der Waals surface area contributed by atoms with Crippen LogP contribution in [0.2, 0.25) is 0 Å². The van der Waals surface area contributed by atoms with Crippen molar-refractivity contribution in [1.82, 2.24) is 5.32 Å². The van der Waals surface area contributed by atoms with Crippen LogP contribution in [-0.2, 0) is 4.74 Å². The Bertz CT molecular complexity index is 639. The molecule has 2 aromatic rings. The second-order valence-corrected chi connectivity index (χ2v) is 7.05. The van der Waals surface area contributed by atoms with E-state index in [2.05, 4.69) is 45.5 Å². The predicted octanol–water partition coefficient (Wildman–Crippen LogP) is 4.31. The molecule has 3 nitrogen and oxygen atoms in total. The van der Waals surface area contributed by atoms with Crippen LogP contribution < -0.4 is 5.32 Å². The third-order valence-corrected chi connectivity index (χ3v) is 4.20. The monoisotopic (exact) mass is 359 g/mol. The summed E-state index contributed by atoms with van der Waals surface area (Å²) in [5, 5.41) is 2.75. The zero-order valence-corrected chi connectivity index (χ0v) is 14.0. The van der Waals surface area contributed by atoms with E-state index in [9.17, 15) is 4.79 Å².